The van der Waals surface area contributed by atoms with Gasteiger partial charge in [-0.05, 0) is 24.1 Å². The molecule has 29 heavy (non-hydrogen) atoms. The second kappa shape index (κ2) is 7.88. The molecule has 0 saturated carbocycles. The number of nitrogens with one attached hydrogen (secondary N) is 1. The van der Waals surface area contributed by atoms with Crippen molar-refractivity contribution in [2.75, 3.05) is 39.4 Å². The lowest BCUT2D eigenvalue weighted by Crippen LogP contribution is -2.62. The van der Waals surface area contributed by atoms with E-state index < -0.39 is 5.60 Å². The van der Waals surface area contributed by atoms with E-state index in [1.165, 1.54) is 0 Å². The van der Waals surface area contributed by atoms with E-state index in [1.807, 2.05) is 36.4 Å². The highest BCUT2D eigenvalue weighted by Crippen LogP contribution is 2.36. The van der Waals surface area contributed by atoms with Crippen LogP contribution in [0.15, 0.2) is 54.6 Å². The van der Waals surface area contributed by atoms with Crippen LogP contribution in [0.25, 0.3) is 11.0 Å². The zero-order chi connectivity index (χ0) is 19.7. The Morgan fingerprint density at radius 1 is 1.03 bits per heavy atom. The molecule has 0 amide bonds. The van der Waals surface area contributed by atoms with Gasteiger partial charge in [0.25, 0.3) is 0 Å². The molecule has 6 heteroatoms. The van der Waals surface area contributed by atoms with E-state index in [0.29, 0.717) is 6.42 Å². The zero-order valence-corrected chi connectivity index (χ0v) is 16.6. The summed E-state index contributed by atoms with van der Waals surface area (Å²) >= 11 is 0. The highest BCUT2D eigenvalue weighted by molar-refractivity contribution is 5.74. The fourth-order valence-electron chi connectivity index (χ4n) is 4.79. The number of para-hydroxylation sites is 2. The van der Waals surface area contributed by atoms with Gasteiger partial charge in [0, 0.05) is 26.2 Å². The van der Waals surface area contributed by atoms with Crippen LogP contribution in [0.5, 0.6) is 0 Å². The molecule has 152 valence electrons. The predicted octanol–water partition coefficient (Wildman–Crippen LogP) is 2.36. The molecule has 0 aliphatic carbocycles. The summed E-state index contributed by atoms with van der Waals surface area (Å²) in [6.07, 6.45) is 0.708. The normalized spacial score (nSPS) is 26.7. The van der Waals surface area contributed by atoms with Gasteiger partial charge < -0.3 is 14.8 Å². The summed E-state index contributed by atoms with van der Waals surface area (Å²) < 4.78 is 5.57. The molecule has 5 rings (SSSR count). The van der Waals surface area contributed by atoms with Crippen LogP contribution in [0.4, 0.5) is 0 Å². The molecule has 3 heterocycles. The highest BCUT2D eigenvalue weighted by atomic mass is 16.5. The smallest absolute Gasteiger partial charge is 0.121 e. The Hall–Kier alpha value is -2.25. The number of aliphatic hydroxyl groups is 1. The highest BCUT2D eigenvalue weighted by Gasteiger charge is 2.46. The van der Waals surface area contributed by atoms with Crippen molar-refractivity contribution < 1.29 is 9.84 Å². The molecular weight excluding hydrogens is 364 g/mol. The summed E-state index contributed by atoms with van der Waals surface area (Å²) in [5.41, 5.74) is 2.25. The van der Waals surface area contributed by atoms with Crippen molar-refractivity contribution in [1.82, 2.24) is 19.8 Å². The van der Waals surface area contributed by atoms with Crippen LogP contribution in [0.3, 0.4) is 0 Å². The van der Waals surface area contributed by atoms with E-state index >= 15 is 0 Å². The number of aromatic nitrogens is 2. The largest absolute Gasteiger partial charge is 0.383 e. The maximum atomic E-state index is 11.8. The Kier molecular flexibility index (Phi) is 5.09. The van der Waals surface area contributed by atoms with Crippen molar-refractivity contribution in [3.8, 4) is 0 Å². The molecule has 2 saturated heterocycles. The molecule has 2 atom stereocenters. The number of ether oxygens (including phenoxy) is 1. The minimum Gasteiger partial charge on any atom is -0.383 e. The molecule has 0 bridgehead atoms. The number of benzene rings is 2. The second-order valence-corrected chi connectivity index (χ2v) is 8.14. The van der Waals surface area contributed by atoms with Crippen molar-refractivity contribution in [1.29, 1.82) is 0 Å². The van der Waals surface area contributed by atoms with Gasteiger partial charge in [0.2, 0.25) is 0 Å². The lowest BCUT2D eigenvalue weighted by Gasteiger charge is -2.50. The van der Waals surface area contributed by atoms with E-state index in [0.717, 1.165) is 68.4 Å². The number of imidazole rings is 1. The van der Waals surface area contributed by atoms with Crippen LogP contribution in [0.2, 0.25) is 0 Å². The number of nitrogens with zero attached hydrogens (tertiary/aromatic N) is 3. The van der Waals surface area contributed by atoms with Crippen LogP contribution in [-0.2, 0) is 16.9 Å². The van der Waals surface area contributed by atoms with Gasteiger partial charge in [-0.1, -0.05) is 42.5 Å². The summed E-state index contributed by atoms with van der Waals surface area (Å²) in [5.74, 6) is 0.983. The first-order valence-corrected chi connectivity index (χ1v) is 10.5. The van der Waals surface area contributed by atoms with E-state index in [4.69, 9.17) is 9.72 Å². The number of fused-ring (bicyclic) bond motifs is 1. The molecule has 2 N–H and O–H groups in total. The van der Waals surface area contributed by atoms with Crippen molar-refractivity contribution in [2.24, 2.45) is 0 Å². The number of likely N-dealkylation sites (tertiary alicyclic amines) is 1. The number of H-pyrrole nitrogens is 1. The third-order valence-corrected chi connectivity index (χ3v) is 6.36. The maximum absolute atomic E-state index is 11.8. The number of hydrogen-bond acceptors (Lipinski definition) is 5. The minimum absolute atomic E-state index is 0.0342. The van der Waals surface area contributed by atoms with Crippen LogP contribution in [-0.4, -0.2) is 70.3 Å². The lowest BCUT2D eigenvalue weighted by molar-refractivity contribution is -0.120. The summed E-state index contributed by atoms with van der Waals surface area (Å²) in [6, 6.07) is 18.3. The molecular formula is C23H28N4O2. The topological polar surface area (TPSA) is 64.6 Å². The minimum atomic E-state index is -0.844. The van der Waals surface area contributed by atoms with Gasteiger partial charge in [0.05, 0.1) is 36.8 Å². The molecule has 0 unspecified atom stereocenters. The third-order valence-electron chi connectivity index (χ3n) is 6.36. The molecule has 6 nitrogen and oxygen atoms in total. The average Bonchev–Trinajstić information content (AvgIpc) is 3.19. The Morgan fingerprint density at radius 3 is 2.59 bits per heavy atom. The number of rotatable bonds is 4. The van der Waals surface area contributed by atoms with E-state index in [-0.39, 0.29) is 6.04 Å². The fourth-order valence-corrected chi connectivity index (χ4v) is 4.79. The summed E-state index contributed by atoms with van der Waals surface area (Å²) in [7, 11) is 0. The maximum Gasteiger partial charge on any atom is 0.121 e. The predicted molar refractivity (Wildman–Crippen MR) is 113 cm³/mol. The Morgan fingerprint density at radius 2 is 1.79 bits per heavy atom. The second-order valence-electron chi connectivity index (χ2n) is 8.14. The van der Waals surface area contributed by atoms with E-state index in [9.17, 15) is 5.11 Å². The van der Waals surface area contributed by atoms with Gasteiger partial charge in [-0.25, -0.2) is 4.98 Å². The van der Waals surface area contributed by atoms with Crippen molar-refractivity contribution >= 4 is 11.0 Å². The van der Waals surface area contributed by atoms with Gasteiger partial charge in [-0.3, -0.25) is 9.80 Å². The van der Waals surface area contributed by atoms with Crippen LogP contribution >= 0.6 is 0 Å². The van der Waals surface area contributed by atoms with Crippen molar-refractivity contribution in [3.63, 3.8) is 0 Å². The number of morpholine rings is 1. The summed E-state index contributed by atoms with van der Waals surface area (Å²) in [6.45, 7) is 5.58. The van der Waals surface area contributed by atoms with Crippen LogP contribution < -0.4 is 0 Å². The summed E-state index contributed by atoms with van der Waals surface area (Å²) in [4.78, 5) is 13.0. The average molecular weight is 393 g/mol. The number of aromatic amines is 1. The lowest BCUT2D eigenvalue weighted by atomic mass is 9.79. The van der Waals surface area contributed by atoms with E-state index in [1.54, 1.807) is 0 Å². The van der Waals surface area contributed by atoms with Crippen molar-refractivity contribution in [3.05, 3.63) is 66.0 Å². The summed E-state index contributed by atoms with van der Waals surface area (Å²) in [5, 5.41) is 11.8. The first-order chi connectivity index (χ1) is 14.2. The van der Waals surface area contributed by atoms with Gasteiger partial charge >= 0.3 is 0 Å². The quantitative estimate of drug-likeness (QED) is 0.714. The SMILES string of the molecule is O[C@]1(c2ccccc2)CCN(Cc2nc3ccccc3[nH]2)C[C@H]1N1CCOCC1. The Bertz CT molecular complexity index is 921. The fraction of sp³-hybridized carbons (Fsp3) is 0.435. The third kappa shape index (κ3) is 3.69. The Labute approximate surface area is 171 Å². The first kappa shape index (κ1) is 18.8. The molecule has 0 spiro atoms. The molecule has 1 aromatic heterocycles. The Balaban J connectivity index is 1.39. The molecule has 2 fully saturated rings. The van der Waals surface area contributed by atoms with Crippen molar-refractivity contribution in [2.45, 2.75) is 24.6 Å². The molecule has 2 aliphatic rings. The molecule has 0 radical (unpaired) electrons. The van der Waals surface area contributed by atoms with Gasteiger partial charge in [0.1, 0.15) is 11.4 Å². The number of piperidine rings is 1. The number of hydrogen-bond donors (Lipinski definition) is 2. The first-order valence-electron chi connectivity index (χ1n) is 10.5. The monoisotopic (exact) mass is 392 g/mol. The standard InChI is InChI=1S/C23H28N4O2/c28-23(18-6-2-1-3-7-18)10-11-26(16-21(23)27-12-14-29-15-13-27)17-22-24-19-8-4-5-9-20(19)25-22/h1-9,21,28H,10-17H2,(H,24,25)/t21-,23+/m1/s1. The molecule has 3 aromatic rings. The van der Waals surface area contributed by atoms with Gasteiger partial charge in [-0.15, -0.1) is 0 Å². The van der Waals surface area contributed by atoms with E-state index in [2.05, 4.69) is 33.0 Å². The molecule has 2 aliphatic heterocycles. The van der Waals surface area contributed by atoms with Gasteiger partial charge in [-0.2, -0.15) is 0 Å². The van der Waals surface area contributed by atoms with Crippen LogP contribution in [0, 0.1) is 0 Å². The zero-order valence-electron chi connectivity index (χ0n) is 16.6. The van der Waals surface area contributed by atoms with Gasteiger partial charge in [0.15, 0.2) is 0 Å². The molecule has 2 aromatic carbocycles. The van der Waals surface area contributed by atoms with Crippen LogP contribution in [0.1, 0.15) is 17.8 Å².